The van der Waals surface area contributed by atoms with E-state index < -0.39 is 70.3 Å². The number of rotatable bonds is 7. The Kier molecular flexibility index (Phi) is 7.50. The van der Waals surface area contributed by atoms with Gasteiger partial charge in [0.1, 0.15) is 11.7 Å². The second kappa shape index (κ2) is 9.48. The van der Waals surface area contributed by atoms with Crippen molar-refractivity contribution in [2.24, 2.45) is 5.92 Å². The van der Waals surface area contributed by atoms with Crippen molar-refractivity contribution in [3.8, 4) is 0 Å². The summed E-state index contributed by atoms with van der Waals surface area (Å²) in [6, 6.07) is 0. The minimum atomic E-state index is -3.75. The Hall–Kier alpha value is -2.28. The molecule has 0 bridgehead atoms. The summed E-state index contributed by atoms with van der Waals surface area (Å²) in [6.45, 7) is 1.65. The van der Waals surface area contributed by atoms with Crippen LogP contribution < -0.4 is 0 Å². The Morgan fingerprint density at radius 2 is 1.41 bits per heavy atom. The molecule has 3 aliphatic rings. The highest BCUT2D eigenvalue weighted by Gasteiger charge is 2.87. The maximum atomic E-state index is 13.4. The van der Waals surface area contributed by atoms with Crippen molar-refractivity contribution in [1.82, 2.24) is 0 Å². The number of Topliss-reactive ketones (excluding diaryl/α,β-unsaturated/α-hetero) is 4. The average molecular weight is 525 g/mol. The first-order chi connectivity index (χ1) is 17.0. The number of carbonyl (C=O) groups excluding carboxylic acids is 4. The first kappa shape index (κ1) is 29.3. The fourth-order valence-electron chi connectivity index (χ4n) is 6.65. The molecule has 2 unspecified atom stereocenters. The summed E-state index contributed by atoms with van der Waals surface area (Å²) in [6.07, 6.45) is 3.81. The maximum Gasteiger partial charge on any atom is 0.201 e. The van der Waals surface area contributed by atoms with E-state index in [1.54, 1.807) is 0 Å². The highest BCUT2D eigenvalue weighted by molar-refractivity contribution is 6.10. The van der Waals surface area contributed by atoms with Gasteiger partial charge in [-0.05, 0) is 58.1 Å². The minimum absolute atomic E-state index is 0.0380. The predicted molar refractivity (Wildman–Crippen MR) is 127 cm³/mol. The van der Waals surface area contributed by atoms with Gasteiger partial charge in [0.2, 0.25) is 11.2 Å². The van der Waals surface area contributed by atoms with Crippen molar-refractivity contribution in [1.29, 1.82) is 0 Å². The number of hydrogen-bond donors (Lipinski definition) is 6. The Morgan fingerprint density at radius 1 is 0.865 bits per heavy atom. The standard InChI is InChI=1S/C26H36O11/c1-14(28)23(34)21(13-27)37-26(17(4)31,25(36,16(3)30)24(23,35)15(2)29)22(33)11-10-19(20(32)12-22)18-8-6-5-7-9-18/h10-11,18,21,27,32-36H,5-9,12-13H2,1-4H3/t21-,22?,23-,24+,25-,26?/m1/s1. The normalized spacial score (nSPS) is 40.9. The van der Waals surface area contributed by atoms with Gasteiger partial charge in [-0.25, -0.2) is 0 Å². The highest BCUT2D eigenvalue weighted by Crippen LogP contribution is 2.57. The van der Waals surface area contributed by atoms with Crippen LogP contribution in [0.2, 0.25) is 0 Å². The van der Waals surface area contributed by atoms with Gasteiger partial charge in [-0.2, -0.15) is 0 Å². The first-order valence-electron chi connectivity index (χ1n) is 12.4. The Bertz CT molecular complexity index is 1070. The molecule has 0 aromatic rings. The predicted octanol–water partition coefficient (Wildman–Crippen LogP) is -0.251. The number of aliphatic hydroxyl groups excluding tert-OH is 2. The molecule has 0 radical (unpaired) electrons. The molecule has 37 heavy (non-hydrogen) atoms. The fraction of sp³-hybridized carbons (Fsp3) is 0.692. The quantitative estimate of drug-likeness (QED) is 0.257. The second-order valence-electron chi connectivity index (χ2n) is 10.6. The average Bonchev–Trinajstić information content (AvgIpc) is 2.82. The van der Waals surface area contributed by atoms with Crippen LogP contribution in [-0.4, -0.2) is 94.5 Å². The zero-order chi connectivity index (χ0) is 28.2. The molecule has 1 aliphatic heterocycles. The van der Waals surface area contributed by atoms with Crippen LogP contribution in [-0.2, 0) is 23.9 Å². The summed E-state index contributed by atoms with van der Waals surface area (Å²) in [5.74, 6) is -6.00. The van der Waals surface area contributed by atoms with Gasteiger partial charge in [0, 0.05) is 6.42 Å². The molecule has 11 heteroatoms. The number of carbonyl (C=O) groups is 4. The molecule has 206 valence electrons. The molecule has 2 fully saturated rings. The van der Waals surface area contributed by atoms with E-state index in [4.69, 9.17) is 4.74 Å². The summed E-state index contributed by atoms with van der Waals surface area (Å²) >= 11 is 0. The molecule has 0 aromatic carbocycles. The molecule has 0 spiro atoms. The monoisotopic (exact) mass is 524 g/mol. The topological polar surface area (TPSA) is 199 Å². The van der Waals surface area contributed by atoms with Crippen LogP contribution in [0, 0.1) is 5.92 Å². The molecule has 1 saturated carbocycles. The lowest BCUT2D eigenvalue weighted by Gasteiger charge is -2.65. The molecule has 0 aromatic heterocycles. The molecule has 11 nitrogen and oxygen atoms in total. The van der Waals surface area contributed by atoms with Crippen molar-refractivity contribution in [2.75, 3.05) is 6.61 Å². The van der Waals surface area contributed by atoms with E-state index in [1.165, 1.54) is 6.08 Å². The first-order valence-corrected chi connectivity index (χ1v) is 12.4. The van der Waals surface area contributed by atoms with Crippen LogP contribution in [0.25, 0.3) is 0 Å². The van der Waals surface area contributed by atoms with Crippen molar-refractivity contribution in [3.05, 3.63) is 23.5 Å². The lowest BCUT2D eigenvalue weighted by molar-refractivity contribution is -0.366. The van der Waals surface area contributed by atoms with Gasteiger partial charge < -0.3 is 35.4 Å². The molecule has 1 saturated heterocycles. The third-order valence-corrected chi connectivity index (χ3v) is 8.55. The van der Waals surface area contributed by atoms with Crippen LogP contribution in [0.15, 0.2) is 23.5 Å². The lowest BCUT2D eigenvalue weighted by Crippen LogP contribution is -2.93. The van der Waals surface area contributed by atoms with E-state index >= 15 is 0 Å². The second-order valence-corrected chi connectivity index (χ2v) is 10.6. The zero-order valence-electron chi connectivity index (χ0n) is 21.5. The summed E-state index contributed by atoms with van der Waals surface area (Å²) in [4.78, 5) is 52.1. The van der Waals surface area contributed by atoms with E-state index in [0.717, 1.165) is 52.0 Å². The maximum absolute atomic E-state index is 13.4. The number of allylic oxidation sites excluding steroid dienone is 2. The van der Waals surface area contributed by atoms with Gasteiger partial charge in [-0.1, -0.05) is 25.3 Å². The van der Waals surface area contributed by atoms with Gasteiger partial charge in [-0.15, -0.1) is 0 Å². The molecular weight excluding hydrogens is 488 g/mol. The van der Waals surface area contributed by atoms with Crippen LogP contribution in [0.3, 0.4) is 0 Å². The SMILES string of the molecule is CC(=O)C1(C2(O)C=CC(C3CCCCC3)=C(O)C2)O[C@H](CO)[C@](O)(C(C)=O)[C@@](O)(C(C)=O)[C@]1(O)C(C)=O. The van der Waals surface area contributed by atoms with Crippen molar-refractivity contribution in [3.63, 3.8) is 0 Å². The summed E-state index contributed by atoms with van der Waals surface area (Å²) < 4.78 is 5.67. The third kappa shape index (κ3) is 3.55. The minimum Gasteiger partial charge on any atom is -0.512 e. The van der Waals surface area contributed by atoms with Crippen LogP contribution in [0.1, 0.15) is 66.2 Å². The van der Waals surface area contributed by atoms with Gasteiger partial charge in [0.15, 0.2) is 34.3 Å². The van der Waals surface area contributed by atoms with E-state index in [2.05, 4.69) is 0 Å². The Morgan fingerprint density at radius 3 is 1.81 bits per heavy atom. The largest absolute Gasteiger partial charge is 0.512 e. The number of aliphatic hydroxyl groups is 6. The third-order valence-electron chi connectivity index (χ3n) is 8.55. The highest BCUT2D eigenvalue weighted by atomic mass is 16.6. The van der Waals surface area contributed by atoms with Gasteiger partial charge in [0.25, 0.3) is 0 Å². The molecule has 3 rings (SSSR count). The summed E-state index contributed by atoms with van der Waals surface area (Å²) in [5, 5.41) is 68.1. The van der Waals surface area contributed by atoms with Crippen LogP contribution >= 0.6 is 0 Å². The summed E-state index contributed by atoms with van der Waals surface area (Å²) in [5.41, 5.74) is -16.4. The van der Waals surface area contributed by atoms with E-state index in [0.29, 0.717) is 19.4 Å². The van der Waals surface area contributed by atoms with Gasteiger partial charge >= 0.3 is 0 Å². The van der Waals surface area contributed by atoms with E-state index in [9.17, 15) is 49.8 Å². The van der Waals surface area contributed by atoms with E-state index in [-0.39, 0.29) is 11.7 Å². The fourth-order valence-corrected chi connectivity index (χ4v) is 6.65. The Labute approximate surface area is 214 Å². The molecule has 2 aliphatic carbocycles. The van der Waals surface area contributed by atoms with Crippen molar-refractivity contribution in [2.45, 2.75) is 100 Å². The summed E-state index contributed by atoms with van der Waals surface area (Å²) in [7, 11) is 0. The van der Waals surface area contributed by atoms with Crippen LogP contribution in [0.5, 0.6) is 0 Å². The van der Waals surface area contributed by atoms with E-state index in [1.807, 2.05) is 0 Å². The molecule has 6 atom stereocenters. The number of ether oxygens (including phenoxy) is 1. The van der Waals surface area contributed by atoms with Crippen molar-refractivity contribution < 1.29 is 54.6 Å². The van der Waals surface area contributed by atoms with Crippen molar-refractivity contribution >= 4 is 23.1 Å². The molecule has 0 amide bonds. The van der Waals surface area contributed by atoms with Crippen LogP contribution in [0.4, 0.5) is 0 Å². The Balaban J connectivity index is 2.35. The molecular formula is C26H36O11. The van der Waals surface area contributed by atoms with Gasteiger partial charge in [-0.3, -0.25) is 19.2 Å². The molecule has 6 N–H and O–H groups in total. The zero-order valence-corrected chi connectivity index (χ0v) is 21.5. The number of hydrogen-bond acceptors (Lipinski definition) is 11. The molecule has 1 heterocycles. The lowest BCUT2D eigenvalue weighted by atomic mass is 9.50. The number of ketones is 4. The smallest absolute Gasteiger partial charge is 0.201 e. The van der Waals surface area contributed by atoms with Gasteiger partial charge in [0.05, 0.1) is 12.4 Å².